The average molecular weight is 1020 g/mol. The van der Waals surface area contributed by atoms with Gasteiger partial charge in [-0.2, -0.15) is 0 Å². The van der Waals surface area contributed by atoms with Crippen molar-refractivity contribution in [3.05, 3.63) is 121 Å². The number of hydrogen-bond acceptors (Lipinski definition) is 12. The Labute approximate surface area is 414 Å². The Balaban J connectivity index is 1.43. The van der Waals surface area contributed by atoms with Crippen LogP contribution in [-0.2, 0) is 61.6 Å². The van der Waals surface area contributed by atoms with Crippen LogP contribution in [0, 0.1) is 0 Å². The van der Waals surface area contributed by atoms with Gasteiger partial charge in [-0.1, -0.05) is 94.6 Å². The number of ether oxygens (including phenoxy) is 6. The van der Waals surface area contributed by atoms with Crippen molar-refractivity contribution in [1.82, 2.24) is 13.7 Å². The molecule has 9 unspecified atom stereocenters. The second-order valence-corrected chi connectivity index (χ2v) is 20.0. The highest BCUT2D eigenvalue weighted by Gasteiger charge is 2.18. The van der Waals surface area contributed by atoms with E-state index < -0.39 is 17.1 Å². The Kier molecular flexibility index (Phi) is 27.9. The van der Waals surface area contributed by atoms with Gasteiger partial charge in [0.2, 0.25) is 0 Å². The standard InChI is InChI=1S/C51H78N3O12P3/c1-10-13-28-58-40(7)64-37(4)43-19-16-22-46(34-43)67-61-31-25-52-49(55)53(26-32-62-68-47-23-17-20-44(35-47)38(5)65-41(8)59-29-14-11-2)51(57)54(50(52)56)27-33-63-69-48-24-18-21-45(36-48)39(6)66-42(9)60-30-15-12-3/h16-24,34-42,67-69H,10-15,25-33H2,1-9H3. The van der Waals surface area contributed by atoms with Crippen molar-refractivity contribution in [3.8, 4) is 0 Å². The largest absolute Gasteiger partial charge is 0.356 e. The van der Waals surface area contributed by atoms with Crippen molar-refractivity contribution in [3.63, 3.8) is 0 Å². The maximum absolute atomic E-state index is 13.9. The van der Waals surface area contributed by atoms with Gasteiger partial charge in [-0.3, -0.25) is 0 Å². The molecule has 0 aliphatic rings. The summed E-state index contributed by atoms with van der Waals surface area (Å²) >= 11 is 0. The highest BCUT2D eigenvalue weighted by Crippen LogP contribution is 2.24. The van der Waals surface area contributed by atoms with E-state index in [0.717, 1.165) is 84.8 Å². The predicted molar refractivity (Wildman–Crippen MR) is 280 cm³/mol. The maximum Gasteiger partial charge on any atom is 0.336 e. The molecule has 69 heavy (non-hydrogen) atoms. The molecular weight excluding hydrogens is 939 g/mol. The lowest BCUT2D eigenvalue weighted by molar-refractivity contribution is -0.158. The van der Waals surface area contributed by atoms with E-state index in [1.165, 1.54) is 0 Å². The van der Waals surface area contributed by atoms with E-state index in [9.17, 15) is 14.4 Å². The molecule has 0 aliphatic heterocycles. The Morgan fingerprint density at radius 3 is 0.957 bits per heavy atom. The SMILES string of the molecule is CCCCOC(C)OC(C)c1cccc(POCCn2c(=O)n(CCOPc3cccc(C(C)OC(C)OCCCC)c3)c(=O)n(CCOPc3cccc(C(C)OC(C)OCCCC)c3)c2=O)c1. The van der Waals surface area contributed by atoms with Gasteiger partial charge in [-0.15, -0.1) is 0 Å². The molecule has 0 aliphatic carbocycles. The topological polar surface area (TPSA) is 149 Å². The normalized spacial score (nSPS) is 14.9. The van der Waals surface area contributed by atoms with Crippen molar-refractivity contribution in [2.75, 3.05) is 39.6 Å². The van der Waals surface area contributed by atoms with E-state index >= 15 is 0 Å². The van der Waals surface area contributed by atoms with Crippen LogP contribution in [0.2, 0.25) is 0 Å². The fraction of sp³-hybridized carbons (Fsp3) is 0.588. The van der Waals surface area contributed by atoms with Crippen molar-refractivity contribution in [1.29, 1.82) is 0 Å². The highest BCUT2D eigenvalue weighted by molar-refractivity contribution is 7.42. The summed E-state index contributed by atoms with van der Waals surface area (Å²) in [7, 11) is -0.168. The van der Waals surface area contributed by atoms with Gasteiger partial charge in [-0.05, 0) is 112 Å². The van der Waals surface area contributed by atoms with Gasteiger partial charge in [0.15, 0.2) is 18.9 Å². The summed E-state index contributed by atoms with van der Waals surface area (Å²) in [5, 5.41) is 2.81. The van der Waals surface area contributed by atoms with E-state index in [-0.39, 0.29) is 103 Å². The lowest BCUT2D eigenvalue weighted by atomic mass is 10.1. The van der Waals surface area contributed by atoms with E-state index in [2.05, 4.69) is 20.8 Å². The third-order valence-corrected chi connectivity index (χ3v) is 13.7. The maximum atomic E-state index is 13.9. The molecule has 4 rings (SSSR count). The smallest absolute Gasteiger partial charge is 0.336 e. The third-order valence-electron chi connectivity index (χ3n) is 11.0. The molecule has 384 valence electrons. The molecule has 3 aromatic carbocycles. The third kappa shape index (κ3) is 20.9. The molecule has 0 saturated heterocycles. The zero-order valence-electron chi connectivity index (χ0n) is 42.2. The summed E-state index contributed by atoms with van der Waals surface area (Å²) in [5.41, 5.74) is 0.757. The van der Waals surface area contributed by atoms with Crippen molar-refractivity contribution >= 4 is 42.3 Å². The molecule has 9 atom stereocenters. The van der Waals surface area contributed by atoms with Crippen LogP contribution in [0.1, 0.15) is 136 Å². The van der Waals surface area contributed by atoms with Gasteiger partial charge in [0.25, 0.3) is 0 Å². The van der Waals surface area contributed by atoms with Crippen LogP contribution in [0.5, 0.6) is 0 Å². The van der Waals surface area contributed by atoms with Crippen LogP contribution < -0.4 is 33.0 Å². The van der Waals surface area contributed by atoms with Gasteiger partial charge in [0.05, 0.1) is 57.8 Å². The molecule has 0 N–H and O–H groups in total. The summed E-state index contributed by atoms with van der Waals surface area (Å²) in [5.74, 6) is 0. The molecule has 18 heteroatoms. The van der Waals surface area contributed by atoms with Gasteiger partial charge in [-0.25, -0.2) is 28.1 Å². The quantitative estimate of drug-likeness (QED) is 0.0244. The number of rotatable bonds is 36. The summed E-state index contributed by atoms with van der Waals surface area (Å²) in [6.45, 7) is 19.9. The second kappa shape index (κ2) is 32.9. The monoisotopic (exact) mass is 1020 g/mol. The highest BCUT2D eigenvalue weighted by atomic mass is 31.1. The van der Waals surface area contributed by atoms with Gasteiger partial charge in [0.1, 0.15) is 0 Å². The molecule has 4 aromatic rings. The minimum atomic E-state index is -0.729. The van der Waals surface area contributed by atoms with Crippen LogP contribution in [0.3, 0.4) is 0 Å². The first-order valence-corrected chi connectivity index (χ1v) is 27.3. The zero-order chi connectivity index (χ0) is 50.0. The number of unbranched alkanes of at least 4 members (excludes halogenated alkanes) is 3. The van der Waals surface area contributed by atoms with Gasteiger partial charge >= 0.3 is 17.1 Å². The van der Waals surface area contributed by atoms with Crippen molar-refractivity contribution in [2.24, 2.45) is 0 Å². The van der Waals surface area contributed by atoms with Gasteiger partial charge in [0, 0.05) is 46.2 Å². The number of nitrogens with zero attached hydrogens (tertiary/aromatic N) is 3. The first-order chi connectivity index (χ1) is 33.3. The lowest BCUT2D eigenvalue weighted by Gasteiger charge is -2.20. The molecule has 0 saturated carbocycles. The van der Waals surface area contributed by atoms with E-state index in [1.54, 1.807) is 0 Å². The molecule has 1 aromatic heterocycles. The molecule has 0 radical (unpaired) electrons. The molecule has 15 nitrogen and oxygen atoms in total. The van der Waals surface area contributed by atoms with Crippen LogP contribution in [0.4, 0.5) is 0 Å². The molecule has 0 bridgehead atoms. The first kappa shape index (κ1) is 58.6. The summed E-state index contributed by atoms with van der Waals surface area (Å²) in [6.07, 6.45) is 4.46. The van der Waals surface area contributed by atoms with E-state index in [4.69, 9.17) is 42.0 Å². The molecular formula is C51H78N3O12P3. The fourth-order valence-corrected chi connectivity index (χ4v) is 9.28. The minimum Gasteiger partial charge on any atom is -0.356 e. The van der Waals surface area contributed by atoms with E-state index in [1.807, 2.05) is 114 Å². The van der Waals surface area contributed by atoms with E-state index in [0.29, 0.717) is 19.8 Å². The molecule has 0 fully saturated rings. The Hall–Kier alpha value is -3.00. The van der Waals surface area contributed by atoms with Crippen LogP contribution in [0.25, 0.3) is 0 Å². The Bertz CT molecular complexity index is 1980. The van der Waals surface area contributed by atoms with Crippen LogP contribution in [-0.4, -0.2) is 72.2 Å². The number of aromatic nitrogens is 3. The number of benzene rings is 3. The molecule has 0 spiro atoms. The zero-order valence-corrected chi connectivity index (χ0v) is 45.2. The van der Waals surface area contributed by atoms with Gasteiger partial charge < -0.3 is 42.0 Å². The summed E-state index contributed by atoms with van der Waals surface area (Å²) < 4.78 is 56.8. The molecule has 0 amide bonds. The first-order valence-electron chi connectivity index (χ1n) is 24.5. The Morgan fingerprint density at radius 2 is 0.696 bits per heavy atom. The van der Waals surface area contributed by atoms with Crippen LogP contribution in [0.15, 0.2) is 87.2 Å². The van der Waals surface area contributed by atoms with Crippen LogP contribution >= 0.6 is 26.4 Å². The lowest BCUT2D eigenvalue weighted by Crippen LogP contribution is -2.55. The average Bonchev–Trinajstić information content (AvgIpc) is 3.33. The Morgan fingerprint density at radius 1 is 0.420 bits per heavy atom. The predicted octanol–water partition coefficient (Wildman–Crippen LogP) is 8.70. The summed E-state index contributed by atoms with van der Waals surface area (Å²) in [6, 6.07) is 23.8. The molecule has 1 heterocycles. The minimum absolute atomic E-state index is 0.0560. The second-order valence-electron chi connectivity index (χ2n) is 16.7. The fourth-order valence-electron chi connectivity index (χ4n) is 7.03. The van der Waals surface area contributed by atoms with Crippen molar-refractivity contribution < 1.29 is 42.0 Å². The number of hydrogen-bond donors (Lipinski definition) is 0. The summed E-state index contributed by atoms with van der Waals surface area (Å²) in [4.78, 5) is 41.7. The van der Waals surface area contributed by atoms with Crippen molar-refractivity contribution in [2.45, 2.75) is 158 Å².